The predicted molar refractivity (Wildman–Crippen MR) is 100 cm³/mol. The molecule has 136 valence electrons. The molecule has 2 aromatic carbocycles. The van der Waals surface area contributed by atoms with Crippen LogP contribution in [0.15, 0.2) is 60.3 Å². The molecule has 1 N–H and O–H groups in total. The van der Waals surface area contributed by atoms with E-state index < -0.39 is 16.7 Å². The first-order chi connectivity index (χ1) is 13.0. The second-order valence-corrected chi connectivity index (χ2v) is 5.70. The molecule has 3 aromatic rings. The van der Waals surface area contributed by atoms with Gasteiger partial charge < -0.3 is 9.72 Å². The standard InChI is InChI=1S/C20H16N2O5/c1-2-27-20(24)17(11-14-12-21-18-6-4-3-5-16(14)18)19(23)13-7-9-15(10-8-13)22(25)26/h3-12,21H,2H2,1H3/b17-11-. The van der Waals surface area contributed by atoms with Gasteiger partial charge in [0, 0.05) is 40.4 Å². The Bertz CT molecular complexity index is 1050. The Morgan fingerprint density at radius 1 is 1.15 bits per heavy atom. The Hall–Kier alpha value is -3.74. The van der Waals surface area contributed by atoms with Crippen LogP contribution in [0.25, 0.3) is 17.0 Å². The number of fused-ring (bicyclic) bond motifs is 1. The zero-order chi connectivity index (χ0) is 19.4. The molecule has 0 fully saturated rings. The number of non-ortho nitro benzene ring substituents is 1. The van der Waals surface area contributed by atoms with Crippen LogP contribution < -0.4 is 0 Å². The van der Waals surface area contributed by atoms with Crippen molar-refractivity contribution in [2.45, 2.75) is 6.92 Å². The second-order valence-electron chi connectivity index (χ2n) is 5.70. The molecule has 0 amide bonds. The van der Waals surface area contributed by atoms with E-state index in [1.807, 2.05) is 24.3 Å². The van der Waals surface area contributed by atoms with Gasteiger partial charge in [-0.3, -0.25) is 14.9 Å². The molecule has 1 heterocycles. The summed E-state index contributed by atoms with van der Waals surface area (Å²) in [6.45, 7) is 1.77. The number of nitrogens with one attached hydrogen (secondary N) is 1. The SMILES string of the molecule is CCOC(=O)/C(=C\c1c[nH]c2ccccc12)C(=O)c1ccc([N+](=O)[O-])cc1. The molecule has 0 aliphatic heterocycles. The van der Waals surface area contributed by atoms with E-state index in [-0.39, 0.29) is 23.4 Å². The number of nitro benzene ring substituents is 1. The number of carbonyl (C=O) groups is 2. The number of benzene rings is 2. The summed E-state index contributed by atoms with van der Waals surface area (Å²) < 4.78 is 5.02. The van der Waals surface area contributed by atoms with Crippen molar-refractivity contribution in [2.24, 2.45) is 0 Å². The van der Waals surface area contributed by atoms with Gasteiger partial charge in [0.2, 0.25) is 0 Å². The first-order valence-electron chi connectivity index (χ1n) is 8.25. The number of para-hydroxylation sites is 1. The van der Waals surface area contributed by atoms with Gasteiger partial charge in [0.15, 0.2) is 5.78 Å². The lowest BCUT2D eigenvalue weighted by atomic mass is 10.0. The topological polar surface area (TPSA) is 102 Å². The summed E-state index contributed by atoms with van der Waals surface area (Å²) >= 11 is 0. The first kappa shape index (κ1) is 18.1. The maximum absolute atomic E-state index is 12.9. The first-order valence-corrected chi connectivity index (χ1v) is 8.25. The zero-order valence-corrected chi connectivity index (χ0v) is 14.5. The fraction of sp³-hybridized carbons (Fsp3) is 0.100. The summed E-state index contributed by atoms with van der Waals surface area (Å²) in [6.07, 6.45) is 3.17. The fourth-order valence-electron chi connectivity index (χ4n) is 2.68. The molecule has 0 bridgehead atoms. The van der Waals surface area contributed by atoms with Crippen LogP contribution in [0.2, 0.25) is 0 Å². The number of Topliss-reactive ketones (excluding diaryl/α,β-unsaturated/α-hetero) is 1. The van der Waals surface area contributed by atoms with Crippen molar-refractivity contribution in [3.63, 3.8) is 0 Å². The number of hydrogen-bond donors (Lipinski definition) is 1. The van der Waals surface area contributed by atoms with E-state index in [1.165, 1.54) is 30.3 Å². The third kappa shape index (κ3) is 3.77. The lowest BCUT2D eigenvalue weighted by Crippen LogP contribution is -2.16. The van der Waals surface area contributed by atoms with E-state index in [4.69, 9.17) is 4.74 Å². The van der Waals surface area contributed by atoms with Crippen LogP contribution in [0.1, 0.15) is 22.8 Å². The molecular formula is C20H16N2O5. The molecule has 1 aromatic heterocycles. The summed E-state index contributed by atoms with van der Waals surface area (Å²) in [5.41, 5.74) is 1.43. The molecule has 0 unspecified atom stereocenters. The smallest absolute Gasteiger partial charge is 0.342 e. The van der Waals surface area contributed by atoms with E-state index in [2.05, 4.69) is 4.98 Å². The molecule has 7 nitrogen and oxygen atoms in total. The van der Waals surface area contributed by atoms with Gasteiger partial charge in [-0.05, 0) is 31.2 Å². The van der Waals surface area contributed by atoms with Crippen LogP contribution >= 0.6 is 0 Å². The molecule has 0 spiro atoms. The molecule has 3 rings (SSSR count). The minimum absolute atomic E-state index is 0.123. The number of ether oxygens (including phenoxy) is 1. The summed E-state index contributed by atoms with van der Waals surface area (Å²) in [6, 6.07) is 12.6. The number of ketones is 1. The maximum atomic E-state index is 12.9. The van der Waals surface area contributed by atoms with Gasteiger partial charge in [0.25, 0.3) is 5.69 Å². The number of nitrogens with zero attached hydrogens (tertiary/aromatic N) is 1. The van der Waals surface area contributed by atoms with Crippen molar-refractivity contribution in [1.82, 2.24) is 4.98 Å². The molecule has 0 saturated heterocycles. The van der Waals surface area contributed by atoms with Crippen LogP contribution in [0.5, 0.6) is 0 Å². The monoisotopic (exact) mass is 364 g/mol. The minimum atomic E-state index is -0.744. The molecule has 0 saturated carbocycles. The van der Waals surface area contributed by atoms with Crippen molar-refractivity contribution >= 4 is 34.4 Å². The number of esters is 1. The summed E-state index contributed by atoms with van der Waals surface area (Å²) in [5, 5.41) is 11.6. The number of nitro groups is 1. The average molecular weight is 364 g/mol. The third-order valence-electron chi connectivity index (χ3n) is 4.00. The molecule has 0 atom stereocenters. The molecule has 27 heavy (non-hydrogen) atoms. The lowest BCUT2D eigenvalue weighted by molar-refractivity contribution is -0.384. The maximum Gasteiger partial charge on any atom is 0.342 e. The molecule has 0 aliphatic rings. The van der Waals surface area contributed by atoms with Gasteiger partial charge in [0.1, 0.15) is 5.57 Å². The molecule has 0 aliphatic carbocycles. The van der Waals surface area contributed by atoms with Crippen LogP contribution in [0, 0.1) is 10.1 Å². The van der Waals surface area contributed by atoms with Gasteiger partial charge >= 0.3 is 5.97 Å². The van der Waals surface area contributed by atoms with E-state index in [1.54, 1.807) is 13.1 Å². The number of rotatable bonds is 6. The second kappa shape index (κ2) is 7.65. The Labute approximate surface area is 154 Å². The zero-order valence-electron chi connectivity index (χ0n) is 14.5. The van der Waals surface area contributed by atoms with Crippen molar-refractivity contribution in [2.75, 3.05) is 6.61 Å². The van der Waals surface area contributed by atoms with Crippen molar-refractivity contribution in [3.8, 4) is 0 Å². The third-order valence-corrected chi connectivity index (χ3v) is 4.00. The normalized spacial score (nSPS) is 11.4. The highest BCUT2D eigenvalue weighted by molar-refractivity contribution is 6.27. The molecule has 0 radical (unpaired) electrons. The summed E-state index contributed by atoms with van der Waals surface area (Å²) in [5.74, 6) is -1.31. The molecule has 7 heteroatoms. The lowest BCUT2D eigenvalue weighted by Gasteiger charge is -2.06. The van der Waals surface area contributed by atoms with E-state index in [9.17, 15) is 19.7 Å². The highest BCUT2D eigenvalue weighted by atomic mass is 16.6. The number of hydrogen-bond acceptors (Lipinski definition) is 5. The number of carbonyl (C=O) groups excluding carboxylic acids is 2. The molecular weight excluding hydrogens is 348 g/mol. The minimum Gasteiger partial charge on any atom is -0.462 e. The number of H-pyrrole nitrogens is 1. The van der Waals surface area contributed by atoms with E-state index >= 15 is 0 Å². The summed E-state index contributed by atoms with van der Waals surface area (Å²) in [7, 11) is 0. The Morgan fingerprint density at radius 3 is 2.52 bits per heavy atom. The number of aromatic amines is 1. The number of aromatic nitrogens is 1. The highest BCUT2D eigenvalue weighted by Crippen LogP contribution is 2.23. The van der Waals surface area contributed by atoms with E-state index in [0.717, 1.165) is 10.9 Å². The van der Waals surface area contributed by atoms with E-state index in [0.29, 0.717) is 5.56 Å². The predicted octanol–water partition coefficient (Wildman–Crippen LogP) is 3.91. The Kier molecular flexibility index (Phi) is 5.12. The Balaban J connectivity index is 2.04. The fourth-order valence-corrected chi connectivity index (χ4v) is 2.68. The van der Waals surface area contributed by atoms with Gasteiger partial charge in [-0.15, -0.1) is 0 Å². The highest BCUT2D eigenvalue weighted by Gasteiger charge is 2.22. The van der Waals surface area contributed by atoms with Crippen LogP contribution in [-0.4, -0.2) is 28.3 Å². The van der Waals surface area contributed by atoms with Gasteiger partial charge in [-0.25, -0.2) is 4.79 Å². The quantitative estimate of drug-likeness (QED) is 0.136. The van der Waals surface area contributed by atoms with Crippen molar-refractivity contribution < 1.29 is 19.2 Å². The van der Waals surface area contributed by atoms with Crippen LogP contribution in [0.4, 0.5) is 5.69 Å². The van der Waals surface area contributed by atoms with Crippen molar-refractivity contribution in [1.29, 1.82) is 0 Å². The average Bonchev–Trinajstić information content (AvgIpc) is 3.09. The summed E-state index contributed by atoms with van der Waals surface area (Å²) in [4.78, 5) is 38.5. The van der Waals surface area contributed by atoms with Crippen molar-refractivity contribution in [3.05, 3.63) is 81.5 Å². The largest absolute Gasteiger partial charge is 0.462 e. The van der Waals surface area contributed by atoms with Gasteiger partial charge in [-0.1, -0.05) is 18.2 Å². The van der Waals surface area contributed by atoms with Crippen LogP contribution in [-0.2, 0) is 9.53 Å². The Morgan fingerprint density at radius 2 is 1.85 bits per heavy atom. The van der Waals surface area contributed by atoms with Crippen LogP contribution in [0.3, 0.4) is 0 Å². The van der Waals surface area contributed by atoms with Gasteiger partial charge in [-0.2, -0.15) is 0 Å². The van der Waals surface area contributed by atoms with Gasteiger partial charge in [0.05, 0.1) is 11.5 Å².